The molecule has 1 unspecified atom stereocenters. The van der Waals surface area contributed by atoms with Crippen molar-refractivity contribution in [1.29, 1.82) is 0 Å². The van der Waals surface area contributed by atoms with Crippen LogP contribution in [0, 0.1) is 0 Å². The highest BCUT2D eigenvalue weighted by Gasteiger charge is 2.18. The minimum Gasteiger partial charge on any atom is -0.465 e. The maximum Gasteiger partial charge on any atom is 0.306 e. The van der Waals surface area contributed by atoms with Crippen molar-refractivity contribution in [2.75, 3.05) is 12.8 Å². The van der Waals surface area contributed by atoms with Crippen LogP contribution in [0.25, 0.3) is 0 Å². The number of rotatable bonds is 6. The van der Waals surface area contributed by atoms with Gasteiger partial charge in [0.2, 0.25) is 0 Å². The standard InChI is InChI=1S/C17H19O2P/c18-17(19-11-12-20)13-16(14-7-3-1-4-8-14)15-9-5-2-6-10-15/h1-10,16H,11-13,20H2. The lowest BCUT2D eigenvalue weighted by atomic mass is 9.89. The van der Waals surface area contributed by atoms with Gasteiger partial charge in [-0.2, -0.15) is 0 Å². The normalized spacial score (nSPS) is 10.5. The quantitative estimate of drug-likeness (QED) is 0.599. The summed E-state index contributed by atoms with van der Waals surface area (Å²) in [7, 11) is 2.56. The Morgan fingerprint density at radius 2 is 1.45 bits per heavy atom. The first-order valence-electron chi connectivity index (χ1n) is 6.77. The van der Waals surface area contributed by atoms with E-state index in [1.807, 2.05) is 36.4 Å². The maximum atomic E-state index is 11.9. The molecule has 0 aliphatic heterocycles. The summed E-state index contributed by atoms with van der Waals surface area (Å²) in [5.41, 5.74) is 2.28. The van der Waals surface area contributed by atoms with Gasteiger partial charge in [-0.25, -0.2) is 0 Å². The fraction of sp³-hybridized carbons (Fsp3) is 0.235. The van der Waals surface area contributed by atoms with Gasteiger partial charge in [-0.1, -0.05) is 60.7 Å². The van der Waals surface area contributed by atoms with Crippen molar-refractivity contribution in [2.45, 2.75) is 12.3 Å². The first kappa shape index (κ1) is 14.7. The van der Waals surface area contributed by atoms with Gasteiger partial charge in [0.25, 0.3) is 0 Å². The Hall–Kier alpha value is -1.66. The van der Waals surface area contributed by atoms with Crippen LogP contribution in [0.1, 0.15) is 23.5 Å². The van der Waals surface area contributed by atoms with E-state index in [4.69, 9.17) is 4.74 Å². The first-order chi connectivity index (χ1) is 9.81. The summed E-state index contributed by atoms with van der Waals surface area (Å²) < 4.78 is 5.20. The first-order valence-corrected chi connectivity index (χ1v) is 7.58. The third kappa shape index (κ3) is 4.18. The number of benzene rings is 2. The average Bonchev–Trinajstić information content (AvgIpc) is 2.52. The zero-order chi connectivity index (χ0) is 14.2. The Morgan fingerprint density at radius 3 is 1.90 bits per heavy atom. The fourth-order valence-corrected chi connectivity index (χ4v) is 2.32. The Kier molecular flexibility index (Phi) is 5.76. The van der Waals surface area contributed by atoms with Crippen LogP contribution in [-0.2, 0) is 9.53 Å². The lowest BCUT2D eigenvalue weighted by Gasteiger charge is -2.17. The summed E-state index contributed by atoms with van der Waals surface area (Å²) in [5.74, 6) is -0.0976. The van der Waals surface area contributed by atoms with Crippen LogP contribution < -0.4 is 0 Å². The van der Waals surface area contributed by atoms with Gasteiger partial charge in [0.15, 0.2) is 0 Å². The van der Waals surface area contributed by atoms with Gasteiger partial charge in [0, 0.05) is 5.92 Å². The molecule has 2 aromatic rings. The van der Waals surface area contributed by atoms with E-state index in [2.05, 4.69) is 33.5 Å². The number of carbonyl (C=O) groups excluding carboxylic acids is 1. The van der Waals surface area contributed by atoms with E-state index in [0.29, 0.717) is 13.0 Å². The topological polar surface area (TPSA) is 26.3 Å². The molecule has 0 N–H and O–H groups in total. The molecule has 0 spiro atoms. The molecule has 0 fully saturated rings. The van der Waals surface area contributed by atoms with Crippen LogP contribution in [-0.4, -0.2) is 18.7 Å². The van der Waals surface area contributed by atoms with Crippen LogP contribution in [0.15, 0.2) is 60.7 Å². The molecule has 0 aromatic heterocycles. The Labute approximate surface area is 122 Å². The zero-order valence-corrected chi connectivity index (χ0v) is 12.5. The van der Waals surface area contributed by atoms with Crippen molar-refractivity contribution in [3.8, 4) is 0 Å². The van der Waals surface area contributed by atoms with Gasteiger partial charge in [-0.3, -0.25) is 4.79 Å². The molecular formula is C17H19O2P. The van der Waals surface area contributed by atoms with E-state index < -0.39 is 0 Å². The van der Waals surface area contributed by atoms with Gasteiger partial charge in [-0.05, 0) is 17.3 Å². The number of esters is 1. The lowest BCUT2D eigenvalue weighted by molar-refractivity contribution is -0.143. The molecule has 1 atom stereocenters. The third-order valence-corrected chi connectivity index (χ3v) is 3.39. The SMILES string of the molecule is O=C(CC(c1ccccc1)c1ccccc1)OCCP. The molecular weight excluding hydrogens is 267 g/mol. The number of ether oxygens (including phenoxy) is 1. The lowest BCUT2D eigenvalue weighted by Crippen LogP contribution is -2.12. The highest BCUT2D eigenvalue weighted by atomic mass is 31.0. The van der Waals surface area contributed by atoms with Crippen LogP contribution in [0.4, 0.5) is 0 Å². The molecule has 2 rings (SSSR count). The molecule has 3 heteroatoms. The molecule has 0 radical (unpaired) electrons. The minimum absolute atomic E-state index is 0.0504. The van der Waals surface area contributed by atoms with Gasteiger partial charge in [0.1, 0.15) is 0 Å². The van der Waals surface area contributed by atoms with Crippen LogP contribution in [0.5, 0.6) is 0 Å². The number of hydrogen-bond acceptors (Lipinski definition) is 2. The van der Waals surface area contributed by atoms with Crippen molar-refractivity contribution < 1.29 is 9.53 Å². The van der Waals surface area contributed by atoms with E-state index in [1.54, 1.807) is 0 Å². The zero-order valence-electron chi connectivity index (χ0n) is 11.4. The summed E-state index contributed by atoms with van der Waals surface area (Å²) in [4.78, 5) is 11.9. The molecule has 20 heavy (non-hydrogen) atoms. The van der Waals surface area contributed by atoms with Gasteiger partial charge in [-0.15, -0.1) is 9.24 Å². The highest BCUT2D eigenvalue weighted by molar-refractivity contribution is 7.16. The van der Waals surface area contributed by atoms with E-state index in [-0.39, 0.29) is 11.9 Å². The summed E-state index contributed by atoms with van der Waals surface area (Å²) in [6, 6.07) is 20.2. The molecule has 0 aliphatic rings. The molecule has 2 aromatic carbocycles. The second-order valence-corrected chi connectivity index (χ2v) is 5.16. The van der Waals surface area contributed by atoms with Crippen molar-refractivity contribution in [2.24, 2.45) is 0 Å². The van der Waals surface area contributed by atoms with E-state index in [1.165, 1.54) is 0 Å². The third-order valence-electron chi connectivity index (χ3n) is 3.16. The van der Waals surface area contributed by atoms with Gasteiger partial charge < -0.3 is 4.74 Å². The molecule has 0 amide bonds. The van der Waals surface area contributed by atoms with E-state index >= 15 is 0 Å². The van der Waals surface area contributed by atoms with Gasteiger partial charge >= 0.3 is 5.97 Å². The Balaban J connectivity index is 2.19. The predicted molar refractivity (Wildman–Crippen MR) is 84.9 cm³/mol. The summed E-state index contributed by atoms with van der Waals surface area (Å²) in [6.07, 6.45) is 1.14. The van der Waals surface area contributed by atoms with Crippen LogP contribution in [0.3, 0.4) is 0 Å². The van der Waals surface area contributed by atoms with E-state index in [9.17, 15) is 4.79 Å². The molecule has 0 saturated carbocycles. The second kappa shape index (κ2) is 7.81. The van der Waals surface area contributed by atoms with Crippen molar-refractivity contribution in [1.82, 2.24) is 0 Å². The van der Waals surface area contributed by atoms with Crippen LogP contribution >= 0.6 is 9.24 Å². The molecule has 0 aliphatic carbocycles. The monoisotopic (exact) mass is 286 g/mol. The Bertz CT molecular complexity index is 486. The van der Waals surface area contributed by atoms with Crippen molar-refractivity contribution in [3.05, 3.63) is 71.8 Å². The summed E-state index contributed by atoms with van der Waals surface area (Å²) in [6.45, 7) is 0.458. The van der Waals surface area contributed by atoms with Crippen molar-refractivity contribution >= 4 is 15.2 Å². The fourth-order valence-electron chi connectivity index (χ4n) is 2.20. The molecule has 0 saturated heterocycles. The molecule has 104 valence electrons. The maximum absolute atomic E-state index is 11.9. The van der Waals surface area contributed by atoms with Gasteiger partial charge in [0.05, 0.1) is 13.0 Å². The second-order valence-electron chi connectivity index (χ2n) is 4.59. The summed E-state index contributed by atoms with van der Waals surface area (Å²) >= 11 is 0. The number of carbonyl (C=O) groups is 1. The van der Waals surface area contributed by atoms with Crippen LogP contribution in [0.2, 0.25) is 0 Å². The molecule has 0 heterocycles. The highest BCUT2D eigenvalue weighted by Crippen LogP contribution is 2.28. The van der Waals surface area contributed by atoms with Crippen molar-refractivity contribution in [3.63, 3.8) is 0 Å². The predicted octanol–water partition coefficient (Wildman–Crippen LogP) is 3.63. The Morgan fingerprint density at radius 1 is 0.950 bits per heavy atom. The average molecular weight is 286 g/mol. The largest absolute Gasteiger partial charge is 0.465 e. The summed E-state index contributed by atoms with van der Waals surface area (Å²) in [5, 5.41) is 0. The smallest absolute Gasteiger partial charge is 0.306 e. The minimum atomic E-state index is -0.148. The number of hydrogen-bond donors (Lipinski definition) is 0. The molecule has 2 nitrogen and oxygen atoms in total. The van der Waals surface area contributed by atoms with E-state index in [0.717, 1.165) is 17.3 Å². The molecule has 0 bridgehead atoms.